The summed E-state index contributed by atoms with van der Waals surface area (Å²) < 4.78 is 10.2. The molecule has 1 rings (SSSR count). The predicted octanol–water partition coefficient (Wildman–Crippen LogP) is 1.91. The first kappa shape index (κ1) is 17.8. The van der Waals surface area contributed by atoms with Gasteiger partial charge in [0.2, 0.25) is 0 Å². The van der Waals surface area contributed by atoms with Crippen molar-refractivity contribution in [2.24, 2.45) is 11.7 Å². The molecule has 1 aliphatic heterocycles. The van der Waals surface area contributed by atoms with Crippen LogP contribution >= 0.6 is 0 Å². The maximum absolute atomic E-state index is 12.0. The predicted molar refractivity (Wildman–Crippen MR) is 79.8 cm³/mol. The van der Waals surface area contributed by atoms with Gasteiger partial charge in [-0.25, -0.2) is 4.79 Å². The fraction of sp³-hybridized carbons (Fsp3) is 0.867. The van der Waals surface area contributed by atoms with E-state index in [0.29, 0.717) is 32.4 Å². The van der Waals surface area contributed by atoms with Crippen LogP contribution in [0.3, 0.4) is 0 Å². The van der Waals surface area contributed by atoms with Gasteiger partial charge in [-0.05, 0) is 46.0 Å². The molecular formula is C15H28N2O4. The number of ether oxygens (including phenoxy) is 2. The van der Waals surface area contributed by atoms with Crippen molar-refractivity contribution in [2.45, 2.75) is 58.1 Å². The van der Waals surface area contributed by atoms with Crippen LogP contribution in [0.15, 0.2) is 0 Å². The number of hydrogen-bond donors (Lipinski definition) is 1. The number of carbonyl (C=O) groups excluding carboxylic acids is 2. The van der Waals surface area contributed by atoms with Gasteiger partial charge in [0.15, 0.2) is 0 Å². The van der Waals surface area contributed by atoms with E-state index >= 15 is 0 Å². The molecule has 1 heterocycles. The summed E-state index contributed by atoms with van der Waals surface area (Å²) in [6.45, 7) is 8.52. The second-order valence-electron chi connectivity index (χ2n) is 6.63. The number of methoxy groups -OCH3 is 1. The van der Waals surface area contributed by atoms with Gasteiger partial charge in [-0.2, -0.15) is 0 Å². The number of nitrogens with zero attached hydrogens (tertiary/aromatic N) is 1. The van der Waals surface area contributed by atoms with Crippen molar-refractivity contribution < 1.29 is 19.1 Å². The Morgan fingerprint density at radius 3 is 2.14 bits per heavy atom. The third kappa shape index (κ3) is 4.33. The highest BCUT2D eigenvalue weighted by atomic mass is 16.6. The van der Waals surface area contributed by atoms with Crippen molar-refractivity contribution in [2.75, 3.05) is 20.2 Å². The zero-order valence-electron chi connectivity index (χ0n) is 13.8. The first-order valence-electron chi connectivity index (χ1n) is 7.49. The zero-order chi connectivity index (χ0) is 16.3. The Morgan fingerprint density at radius 1 is 1.24 bits per heavy atom. The van der Waals surface area contributed by atoms with E-state index < -0.39 is 11.1 Å². The molecule has 6 nitrogen and oxygen atoms in total. The van der Waals surface area contributed by atoms with Crippen LogP contribution in [0.25, 0.3) is 0 Å². The molecule has 1 fully saturated rings. The molecule has 0 aromatic carbocycles. The van der Waals surface area contributed by atoms with Gasteiger partial charge in [0, 0.05) is 13.1 Å². The molecule has 1 saturated heterocycles. The molecule has 0 unspecified atom stereocenters. The molecule has 0 spiro atoms. The Morgan fingerprint density at radius 2 is 1.76 bits per heavy atom. The minimum Gasteiger partial charge on any atom is -0.468 e. The fourth-order valence-corrected chi connectivity index (χ4v) is 2.69. The standard InChI is InChI=1S/C15H28N2O4/c1-6-15(16,12(18)20-5)11-7-9-17(10-8-11)13(19)21-14(2,3)4/h11H,6-10,16H2,1-5H3/t15-/m1/s1. The average Bonchev–Trinajstić information content (AvgIpc) is 2.43. The summed E-state index contributed by atoms with van der Waals surface area (Å²) in [7, 11) is 1.36. The van der Waals surface area contributed by atoms with Gasteiger partial charge in [0.05, 0.1) is 7.11 Å². The van der Waals surface area contributed by atoms with Gasteiger partial charge < -0.3 is 20.1 Å². The minimum atomic E-state index is -0.964. The first-order chi connectivity index (χ1) is 9.64. The highest BCUT2D eigenvalue weighted by Crippen LogP contribution is 2.30. The molecule has 1 aliphatic rings. The quantitative estimate of drug-likeness (QED) is 0.805. The van der Waals surface area contributed by atoms with Crippen molar-refractivity contribution in [3.63, 3.8) is 0 Å². The highest BCUT2D eigenvalue weighted by molar-refractivity contribution is 5.81. The monoisotopic (exact) mass is 300 g/mol. The molecule has 1 atom stereocenters. The van der Waals surface area contributed by atoms with Crippen LogP contribution in [0, 0.1) is 5.92 Å². The molecule has 0 aromatic rings. The number of carbonyl (C=O) groups is 2. The van der Waals surface area contributed by atoms with Crippen molar-refractivity contribution in [1.29, 1.82) is 0 Å². The van der Waals surface area contributed by atoms with Crippen LogP contribution in [-0.2, 0) is 14.3 Å². The number of amides is 1. The Bertz CT molecular complexity index is 384. The second-order valence-corrected chi connectivity index (χ2v) is 6.63. The lowest BCUT2D eigenvalue weighted by atomic mass is 9.76. The largest absolute Gasteiger partial charge is 0.468 e. The third-order valence-corrected chi connectivity index (χ3v) is 4.03. The van der Waals surface area contributed by atoms with Crippen LogP contribution in [-0.4, -0.2) is 48.3 Å². The van der Waals surface area contributed by atoms with E-state index in [-0.39, 0.29) is 18.0 Å². The molecule has 2 N–H and O–H groups in total. The Labute approximate surface area is 126 Å². The van der Waals surface area contributed by atoms with Gasteiger partial charge in [-0.15, -0.1) is 0 Å². The molecule has 1 amide bonds. The number of nitrogens with two attached hydrogens (primary N) is 1. The Kier molecular flexibility index (Phi) is 5.61. The van der Waals surface area contributed by atoms with Gasteiger partial charge in [0.25, 0.3) is 0 Å². The fourth-order valence-electron chi connectivity index (χ4n) is 2.69. The summed E-state index contributed by atoms with van der Waals surface area (Å²) >= 11 is 0. The van der Waals surface area contributed by atoms with Crippen molar-refractivity contribution in [3.8, 4) is 0 Å². The van der Waals surface area contributed by atoms with E-state index in [2.05, 4.69) is 0 Å². The first-order valence-corrected chi connectivity index (χ1v) is 7.49. The summed E-state index contributed by atoms with van der Waals surface area (Å²) in [6, 6.07) is 0. The number of likely N-dealkylation sites (tertiary alicyclic amines) is 1. The number of esters is 1. The van der Waals surface area contributed by atoms with Crippen LogP contribution in [0.4, 0.5) is 4.79 Å². The average molecular weight is 300 g/mol. The van der Waals surface area contributed by atoms with Crippen LogP contribution in [0.1, 0.15) is 47.0 Å². The smallest absolute Gasteiger partial charge is 0.410 e. The summed E-state index contributed by atoms with van der Waals surface area (Å²) in [5, 5.41) is 0. The van der Waals surface area contributed by atoms with Gasteiger partial charge in [-0.1, -0.05) is 6.92 Å². The summed E-state index contributed by atoms with van der Waals surface area (Å²) in [6.07, 6.45) is 1.58. The lowest BCUT2D eigenvalue weighted by molar-refractivity contribution is -0.150. The zero-order valence-corrected chi connectivity index (χ0v) is 13.8. The lowest BCUT2D eigenvalue weighted by Gasteiger charge is -2.40. The summed E-state index contributed by atoms with van der Waals surface area (Å²) in [5.41, 5.74) is 4.78. The lowest BCUT2D eigenvalue weighted by Crippen LogP contribution is -2.57. The van der Waals surface area contributed by atoms with Crippen molar-refractivity contribution in [1.82, 2.24) is 4.90 Å². The summed E-state index contributed by atoms with van der Waals surface area (Å²) in [5.74, 6) is -0.352. The number of hydrogen-bond acceptors (Lipinski definition) is 5. The number of piperidine rings is 1. The van der Waals surface area contributed by atoms with E-state index in [1.54, 1.807) is 4.90 Å². The Balaban J connectivity index is 2.63. The van der Waals surface area contributed by atoms with E-state index in [0.717, 1.165) is 0 Å². The molecule has 0 aromatic heterocycles. The molecule has 0 bridgehead atoms. The third-order valence-electron chi connectivity index (χ3n) is 4.03. The van der Waals surface area contributed by atoms with Crippen molar-refractivity contribution in [3.05, 3.63) is 0 Å². The van der Waals surface area contributed by atoms with Crippen LogP contribution in [0.5, 0.6) is 0 Å². The Hall–Kier alpha value is -1.30. The molecule has 0 radical (unpaired) electrons. The molecule has 6 heteroatoms. The normalized spacial score (nSPS) is 19.8. The van der Waals surface area contributed by atoms with Crippen molar-refractivity contribution >= 4 is 12.1 Å². The van der Waals surface area contributed by atoms with E-state index in [4.69, 9.17) is 15.2 Å². The van der Waals surface area contributed by atoms with Crippen LogP contribution < -0.4 is 5.73 Å². The van der Waals surface area contributed by atoms with Crippen LogP contribution in [0.2, 0.25) is 0 Å². The maximum Gasteiger partial charge on any atom is 0.410 e. The SMILES string of the molecule is CC[C@](N)(C(=O)OC)C1CCN(C(=O)OC(C)(C)C)CC1. The van der Waals surface area contributed by atoms with Gasteiger partial charge in [0.1, 0.15) is 11.1 Å². The molecule has 0 aliphatic carbocycles. The summed E-state index contributed by atoms with van der Waals surface area (Å²) in [4.78, 5) is 25.6. The topological polar surface area (TPSA) is 81.9 Å². The highest BCUT2D eigenvalue weighted by Gasteiger charge is 2.43. The number of rotatable bonds is 3. The molecule has 122 valence electrons. The maximum atomic E-state index is 12.0. The minimum absolute atomic E-state index is 0.0219. The van der Waals surface area contributed by atoms with Gasteiger partial charge >= 0.3 is 12.1 Å². The van der Waals surface area contributed by atoms with E-state index in [1.165, 1.54) is 7.11 Å². The molecule has 0 saturated carbocycles. The molecular weight excluding hydrogens is 272 g/mol. The second kappa shape index (κ2) is 6.64. The van der Waals surface area contributed by atoms with Gasteiger partial charge in [-0.3, -0.25) is 4.79 Å². The van der Waals surface area contributed by atoms with E-state index in [1.807, 2.05) is 27.7 Å². The molecule has 21 heavy (non-hydrogen) atoms. The van der Waals surface area contributed by atoms with E-state index in [9.17, 15) is 9.59 Å².